The fraction of sp³-hybridized carbons (Fsp3) is 0.429. The highest BCUT2D eigenvalue weighted by molar-refractivity contribution is 6.46. The number of methoxy groups -OCH3 is 1. The Bertz CT molecular complexity index is 188. The average Bonchev–Trinajstić information content (AvgIpc) is 2.05. The first-order valence-electron chi connectivity index (χ1n) is 3.47. The molecule has 0 heterocycles. The van der Waals surface area contributed by atoms with Gasteiger partial charge in [0.2, 0.25) is 0 Å². The summed E-state index contributed by atoms with van der Waals surface area (Å²) in [5.41, 5.74) is -0.936. The van der Waals surface area contributed by atoms with Crippen LogP contribution in [-0.4, -0.2) is 29.8 Å². The van der Waals surface area contributed by atoms with Crippen molar-refractivity contribution in [1.82, 2.24) is 0 Å². The summed E-state index contributed by atoms with van der Waals surface area (Å²) in [6.07, 6.45) is 7.57. The molecule has 0 spiro atoms. The van der Waals surface area contributed by atoms with Gasteiger partial charge >= 0.3 is 7.12 Å². The zero-order chi connectivity index (χ0) is 8.32. The minimum atomic E-state index is -1.46. The predicted molar refractivity (Wildman–Crippen MR) is 42.8 cm³/mol. The quantitative estimate of drug-likeness (QED) is 0.546. The van der Waals surface area contributed by atoms with Crippen molar-refractivity contribution < 1.29 is 14.8 Å². The molecule has 4 heteroatoms. The highest BCUT2D eigenvalue weighted by Crippen LogP contribution is 2.22. The summed E-state index contributed by atoms with van der Waals surface area (Å²) < 4.78 is 5.00. The first kappa shape index (κ1) is 8.52. The number of rotatable bonds is 2. The topological polar surface area (TPSA) is 49.7 Å². The number of hydrogen-bond donors (Lipinski definition) is 2. The molecule has 0 aromatic rings. The zero-order valence-electron chi connectivity index (χ0n) is 6.40. The maximum Gasteiger partial charge on any atom is 0.490 e. The van der Waals surface area contributed by atoms with Crippen molar-refractivity contribution in [1.29, 1.82) is 0 Å². The molecule has 2 N–H and O–H groups in total. The van der Waals surface area contributed by atoms with E-state index in [2.05, 4.69) is 0 Å². The fourth-order valence-corrected chi connectivity index (χ4v) is 1.07. The molecule has 1 aliphatic rings. The predicted octanol–water partition coefficient (Wildman–Crippen LogP) is -0.100. The molecule has 3 nitrogen and oxygen atoms in total. The zero-order valence-corrected chi connectivity index (χ0v) is 6.40. The maximum absolute atomic E-state index is 8.97. The van der Waals surface area contributed by atoms with Crippen LogP contribution < -0.4 is 0 Å². The van der Waals surface area contributed by atoms with Gasteiger partial charge in [0.1, 0.15) is 5.50 Å². The van der Waals surface area contributed by atoms with Crippen molar-refractivity contribution in [2.45, 2.75) is 11.9 Å². The first-order chi connectivity index (χ1) is 5.21. The van der Waals surface area contributed by atoms with E-state index in [0.717, 1.165) is 0 Å². The smallest absolute Gasteiger partial charge is 0.425 e. The Morgan fingerprint density at radius 1 is 1.45 bits per heavy atom. The Labute approximate surface area is 66.1 Å². The molecule has 11 heavy (non-hydrogen) atoms. The summed E-state index contributed by atoms with van der Waals surface area (Å²) in [4.78, 5) is 0. The third-order valence-corrected chi connectivity index (χ3v) is 1.88. The largest absolute Gasteiger partial charge is 0.490 e. The van der Waals surface area contributed by atoms with Crippen LogP contribution in [0.25, 0.3) is 0 Å². The summed E-state index contributed by atoms with van der Waals surface area (Å²) in [5, 5.41) is 17.9. The average molecular weight is 154 g/mol. The molecular formula is C7H11BO3. The van der Waals surface area contributed by atoms with Gasteiger partial charge in [-0.25, -0.2) is 0 Å². The minimum Gasteiger partial charge on any atom is -0.425 e. The highest BCUT2D eigenvalue weighted by Gasteiger charge is 2.39. The van der Waals surface area contributed by atoms with Crippen molar-refractivity contribution in [3.05, 3.63) is 24.3 Å². The maximum atomic E-state index is 8.97. The lowest BCUT2D eigenvalue weighted by atomic mass is 9.64. The second kappa shape index (κ2) is 3.22. The third kappa shape index (κ3) is 1.53. The normalized spacial score (nSPS) is 29.0. The van der Waals surface area contributed by atoms with Crippen LogP contribution in [0, 0.1) is 0 Å². The Kier molecular flexibility index (Phi) is 2.49. The van der Waals surface area contributed by atoms with Crippen molar-refractivity contribution in [3.8, 4) is 0 Å². The van der Waals surface area contributed by atoms with Gasteiger partial charge in [0.05, 0.1) is 0 Å². The van der Waals surface area contributed by atoms with E-state index >= 15 is 0 Å². The molecule has 1 rings (SSSR count). The minimum absolute atomic E-state index is 0.498. The van der Waals surface area contributed by atoms with Crippen molar-refractivity contribution in [2.24, 2.45) is 0 Å². The molecule has 0 radical (unpaired) electrons. The monoisotopic (exact) mass is 154 g/mol. The molecule has 1 atom stereocenters. The summed E-state index contributed by atoms with van der Waals surface area (Å²) in [6, 6.07) is 0. The summed E-state index contributed by atoms with van der Waals surface area (Å²) in [7, 11) is -0.00292. The lowest BCUT2D eigenvalue weighted by Gasteiger charge is -2.28. The van der Waals surface area contributed by atoms with Gasteiger partial charge < -0.3 is 14.8 Å². The third-order valence-electron chi connectivity index (χ3n) is 1.88. The van der Waals surface area contributed by atoms with E-state index in [1.807, 2.05) is 12.2 Å². The van der Waals surface area contributed by atoms with E-state index in [9.17, 15) is 0 Å². The number of allylic oxidation sites excluding steroid dienone is 2. The lowest BCUT2D eigenvalue weighted by molar-refractivity contribution is 0.0698. The van der Waals surface area contributed by atoms with Gasteiger partial charge in [0, 0.05) is 7.11 Å². The highest BCUT2D eigenvalue weighted by atomic mass is 16.5. The summed E-state index contributed by atoms with van der Waals surface area (Å²) in [6.45, 7) is 0. The van der Waals surface area contributed by atoms with E-state index in [1.54, 1.807) is 12.2 Å². The number of ether oxygens (including phenoxy) is 1. The van der Waals surface area contributed by atoms with Crippen LogP contribution in [0.3, 0.4) is 0 Å². The van der Waals surface area contributed by atoms with Gasteiger partial charge in [-0.2, -0.15) is 0 Å². The summed E-state index contributed by atoms with van der Waals surface area (Å²) in [5.74, 6) is 0. The molecule has 0 amide bonds. The van der Waals surface area contributed by atoms with E-state index < -0.39 is 12.6 Å². The Morgan fingerprint density at radius 2 is 2.18 bits per heavy atom. The van der Waals surface area contributed by atoms with Gasteiger partial charge in [-0.05, 0) is 6.42 Å². The second-order valence-corrected chi connectivity index (χ2v) is 2.52. The Balaban J connectivity index is 2.77. The molecule has 0 saturated carbocycles. The molecule has 0 fully saturated rings. The Morgan fingerprint density at radius 3 is 2.45 bits per heavy atom. The van der Waals surface area contributed by atoms with Crippen molar-refractivity contribution >= 4 is 7.12 Å². The molecule has 0 aromatic heterocycles. The van der Waals surface area contributed by atoms with Gasteiger partial charge in [-0.3, -0.25) is 0 Å². The fourth-order valence-electron chi connectivity index (χ4n) is 1.07. The molecule has 1 aliphatic carbocycles. The summed E-state index contributed by atoms with van der Waals surface area (Å²) >= 11 is 0. The van der Waals surface area contributed by atoms with Gasteiger partial charge in [-0.1, -0.05) is 24.3 Å². The van der Waals surface area contributed by atoms with Crippen molar-refractivity contribution in [2.75, 3.05) is 7.11 Å². The van der Waals surface area contributed by atoms with Crippen LogP contribution in [0.15, 0.2) is 24.3 Å². The Hall–Kier alpha value is -0.575. The van der Waals surface area contributed by atoms with Crippen LogP contribution in [0.5, 0.6) is 0 Å². The SMILES string of the molecule is COC1(B(O)O)C=CC=CC1. The molecule has 0 bridgehead atoms. The van der Waals surface area contributed by atoms with E-state index in [1.165, 1.54) is 7.11 Å². The van der Waals surface area contributed by atoms with Crippen LogP contribution in [0.1, 0.15) is 6.42 Å². The lowest BCUT2D eigenvalue weighted by Crippen LogP contribution is -2.46. The van der Waals surface area contributed by atoms with E-state index in [-0.39, 0.29) is 0 Å². The molecule has 60 valence electrons. The van der Waals surface area contributed by atoms with Crippen molar-refractivity contribution in [3.63, 3.8) is 0 Å². The van der Waals surface area contributed by atoms with E-state index in [0.29, 0.717) is 6.42 Å². The molecule has 0 saturated heterocycles. The van der Waals surface area contributed by atoms with Crippen LogP contribution in [-0.2, 0) is 4.74 Å². The van der Waals surface area contributed by atoms with Crippen LogP contribution in [0.4, 0.5) is 0 Å². The van der Waals surface area contributed by atoms with Gasteiger partial charge in [0.15, 0.2) is 0 Å². The van der Waals surface area contributed by atoms with Gasteiger partial charge in [0.25, 0.3) is 0 Å². The van der Waals surface area contributed by atoms with Gasteiger partial charge in [-0.15, -0.1) is 0 Å². The second-order valence-electron chi connectivity index (χ2n) is 2.52. The van der Waals surface area contributed by atoms with E-state index in [4.69, 9.17) is 14.8 Å². The standard InChI is InChI=1S/C7H11BO3/c1-11-7(8(9)10)5-3-2-4-6-7/h2-5,9-10H,6H2,1H3. The number of hydrogen-bond acceptors (Lipinski definition) is 3. The van der Waals surface area contributed by atoms with Crippen LogP contribution >= 0.6 is 0 Å². The molecule has 0 aromatic carbocycles. The molecular weight excluding hydrogens is 143 g/mol. The molecule has 1 unspecified atom stereocenters. The first-order valence-corrected chi connectivity index (χ1v) is 3.47. The van der Waals surface area contributed by atoms with Crippen LogP contribution in [0.2, 0.25) is 0 Å². The molecule has 0 aliphatic heterocycles.